The highest BCUT2D eigenvalue weighted by Gasteiger charge is 2.18. The number of aryl methyl sites for hydroxylation is 1. The van der Waals surface area contributed by atoms with Crippen molar-refractivity contribution in [1.82, 2.24) is 25.5 Å². The number of aromatic amines is 1. The van der Waals surface area contributed by atoms with Gasteiger partial charge in [0.25, 0.3) is 5.91 Å². The molecule has 29 heavy (non-hydrogen) atoms. The second kappa shape index (κ2) is 8.43. The molecular weight excluding hydrogens is 364 g/mol. The maximum absolute atomic E-state index is 13.0. The highest BCUT2D eigenvalue weighted by atomic mass is 16.1. The van der Waals surface area contributed by atoms with Crippen LogP contribution >= 0.6 is 0 Å². The van der Waals surface area contributed by atoms with E-state index in [1.54, 1.807) is 0 Å². The fourth-order valence-electron chi connectivity index (χ4n) is 3.64. The summed E-state index contributed by atoms with van der Waals surface area (Å²) in [5.41, 5.74) is 4.62. The van der Waals surface area contributed by atoms with Gasteiger partial charge in [0.05, 0.1) is 11.7 Å². The summed E-state index contributed by atoms with van der Waals surface area (Å²) < 4.78 is 0. The minimum absolute atomic E-state index is 0.138. The first-order valence-electron chi connectivity index (χ1n) is 10.1. The van der Waals surface area contributed by atoms with E-state index < -0.39 is 0 Å². The van der Waals surface area contributed by atoms with E-state index in [-0.39, 0.29) is 11.9 Å². The van der Waals surface area contributed by atoms with Gasteiger partial charge in [0, 0.05) is 36.1 Å². The van der Waals surface area contributed by atoms with Crippen LogP contribution < -0.4 is 10.2 Å². The molecule has 0 radical (unpaired) electrons. The fourth-order valence-corrected chi connectivity index (χ4v) is 3.64. The molecule has 7 heteroatoms. The Labute approximate surface area is 170 Å². The van der Waals surface area contributed by atoms with E-state index in [1.165, 1.54) is 25.6 Å². The molecule has 3 heterocycles. The predicted octanol–water partition coefficient (Wildman–Crippen LogP) is 3.66. The van der Waals surface area contributed by atoms with E-state index in [4.69, 9.17) is 0 Å². The zero-order valence-corrected chi connectivity index (χ0v) is 16.9. The molecule has 1 aliphatic rings. The Balaban J connectivity index is 1.66. The van der Waals surface area contributed by atoms with Crippen LogP contribution in [0.2, 0.25) is 0 Å². The molecule has 1 fully saturated rings. The molecule has 0 unspecified atom stereocenters. The van der Waals surface area contributed by atoms with Crippen LogP contribution in [0.25, 0.3) is 11.3 Å². The van der Waals surface area contributed by atoms with Gasteiger partial charge in [-0.3, -0.25) is 14.9 Å². The number of piperidine rings is 1. The number of carbonyl (C=O) groups is 1. The molecule has 1 aromatic carbocycles. The largest absolute Gasteiger partial charge is 0.371 e. The van der Waals surface area contributed by atoms with Crippen molar-refractivity contribution in [2.24, 2.45) is 0 Å². The van der Waals surface area contributed by atoms with Crippen LogP contribution in [0, 0.1) is 6.92 Å². The summed E-state index contributed by atoms with van der Waals surface area (Å²) in [6.45, 7) is 5.93. The third kappa shape index (κ3) is 4.45. The molecule has 2 aromatic heterocycles. The van der Waals surface area contributed by atoms with Gasteiger partial charge in [-0.2, -0.15) is 5.10 Å². The SMILES string of the molecule is Cc1ccc(-c2cc(C(=O)N[C@@H](C)c3ncn[nH]3)cc(N3CCCCC3)c2)nc1. The van der Waals surface area contributed by atoms with Gasteiger partial charge in [-0.25, -0.2) is 4.98 Å². The van der Waals surface area contributed by atoms with Gasteiger partial charge in [0.1, 0.15) is 12.2 Å². The normalized spacial score (nSPS) is 15.2. The maximum atomic E-state index is 13.0. The molecule has 3 aromatic rings. The van der Waals surface area contributed by atoms with Crippen molar-refractivity contribution < 1.29 is 4.79 Å². The number of hydrogen-bond acceptors (Lipinski definition) is 5. The van der Waals surface area contributed by atoms with Gasteiger partial charge in [0.2, 0.25) is 0 Å². The van der Waals surface area contributed by atoms with Crippen LogP contribution in [0.15, 0.2) is 42.9 Å². The summed E-state index contributed by atoms with van der Waals surface area (Å²) in [7, 11) is 0. The fraction of sp³-hybridized carbons (Fsp3) is 0.364. The molecule has 4 rings (SSSR count). The summed E-state index contributed by atoms with van der Waals surface area (Å²) in [5, 5.41) is 9.67. The molecule has 0 bridgehead atoms. The van der Waals surface area contributed by atoms with Crippen LogP contribution in [0.5, 0.6) is 0 Å². The van der Waals surface area contributed by atoms with E-state index in [2.05, 4.69) is 36.4 Å². The summed E-state index contributed by atoms with van der Waals surface area (Å²) in [6.07, 6.45) is 6.91. The maximum Gasteiger partial charge on any atom is 0.251 e. The smallest absolute Gasteiger partial charge is 0.251 e. The number of aromatic nitrogens is 4. The zero-order chi connectivity index (χ0) is 20.2. The third-order valence-corrected chi connectivity index (χ3v) is 5.30. The van der Waals surface area contributed by atoms with E-state index in [0.717, 1.165) is 35.6 Å². The Morgan fingerprint density at radius 2 is 1.97 bits per heavy atom. The van der Waals surface area contributed by atoms with E-state index in [1.807, 2.05) is 44.3 Å². The molecule has 0 saturated carbocycles. The molecule has 1 saturated heterocycles. The lowest BCUT2D eigenvalue weighted by Crippen LogP contribution is -2.30. The van der Waals surface area contributed by atoms with Gasteiger partial charge < -0.3 is 10.2 Å². The second-order valence-corrected chi connectivity index (χ2v) is 7.60. The van der Waals surface area contributed by atoms with Crippen molar-refractivity contribution in [1.29, 1.82) is 0 Å². The number of nitrogens with zero attached hydrogens (tertiary/aromatic N) is 4. The minimum Gasteiger partial charge on any atom is -0.371 e. The zero-order valence-electron chi connectivity index (χ0n) is 16.9. The minimum atomic E-state index is -0.260. The molecular formula is C22H26N6O. The number of H-pyrrole nitrogens is 1. The first-order chi connectivity index (χ1) is 14.1. The Morgan fingerprint density at radius 3 is 2.66 bits per heavy atom. The van der Waals surface area contributed by atoms with E-state index in [9.17, 15) is 4.79 Å². The van der Waals surface area contributed by atoms with Crippen LogP contribution in [0.4, 0.5) is 5.69 Å². The summed E-state index contributed by atoms with van der Waals surface area (Å²) in [5.74, 6) is 0.493. The Hall–Kier alpha value is -3.22. The van der Waals surface area contributed by atoms with E-state index >= 15 is 0 Å². The van der Waals surface area contributed by atoms with Gasteiger partial charge in [-0.05, 0) is 62.9 Å². The lowest BCUT2D eigenvalue weighted by atomic mass is 10.0. The molecule has 150 valence electrons. The molecule has 1 atom stereocenters. The van der Waals surface area contributed by atoms with Gasteiger partial charge in [-0.15, -0.1) is 0 Å². The lowest BCUT2D eigenvalue weighted by Gasteiger charge is -2.29. The number of amides is 1. The van der Waals surface area contributed by atoms with Gasteiger partial charge in [0.15, 0.2) is 0 Å². The Bertz CT molecular complexity index is 961. The monoisotopic (exact) mass is 390 g/mol. The van der Waals surface area contributed by atoms with Crippen molar-refractivity contribution >= 4 is 11.6 Å². The van der Waals surface area contributed by atoms with Crippen molar-refractivity contribution in [3.05, 3.63) is 59.8 Å². The van der Waals surface area contributed by atoms with Crippen LogP contribution in [0.3, 0.4) is 0 Å². The lowest BCUT2D eigenvalue weighted by molar-refractivity contribution is 0.0938. The standard InChI is InChI=1S/C22H26N6O/c1-15-6-7-20(23-13-15)17-10-18(12-19(11-17)28-8-4-3-5-9-28)22(29)26-16(2)21-24-14-25-27-21/h6-7,10-14,16H,3-5,8-9H2,1-2H3,(H,26,29)(H,24,25,27)/t16-/m0/s1. The number of hydrogen-bond donors (Lipinski definition) is 2. The van der Waals surface area contributed by atoms with Crippen molar-refractivity contribution in [2.45, 2.75) is 39.2 Å². The summed E-state index contributed by atoms with van der Waals surface area (Å²) >= 11 is 0. The molecule has 7 nitrogen and oxygen atoms in total. The number of nitrogens with one attached hydrogen (secondary N) is 2. The molecule has 1 amide bonds. The number of rotatable bonds is 5. The van der Waals surface area contributed by atoms with E-state index in [0.29, 0.717) is 11.4 Å². The van der Waals surface area contributed by atoms with Crippen LogP contribution in [-0.2, 0) is 0 Å². The quantitative estimate of drug-likeness (QED) is 0.694. The second-order valence-electron chi connectivity index (χ2n) is 7.60. The molecule has 1 aliphatic heterocycles. The summed E-state index contributed by atoms with van der Waals surface area (Å²) in [4.78, 5) is 24.1. The molecule has 0 aliphatic carbocycles. The van der Waals surface area contributed by atoms with Crippen LogP contribution in [-0.4, -0.2) is 39.2 Å². The number of pyridine rings is 1. The van der Waals surface area contributed by atoms with Crippen molar-refractivity contribution in [2.75, 3.05) is 18.0 Å². The first kappa shape index (κ1) is 19.1. The highest BCUT2D eigenvalue weighted by Crippen LogP contribution is 2.28. The summed E-state index contributed by atoms with van der Waals surface area (Å²) in [6, 6.07) is 9.81. The third-order valence-electron chi connectivity index (χ3n) is 5.30. The predicted molar refractivity (Wildman–Crippen MR) is 113 cm³/mol. The Morgan fingerprint density at radius 1 is 1.14 bits per heavy atom. The molecule has 0 spiro atoms. The number of anilines is 1. The first-order valence-corrected chi connectivity index (χ1v) is 10.1. The van der Waals surface area contributed by atoms with Crippen LogP contribution in [0.1, 0.15) is 54.0 Å². The topological polar surface area (TPSA) is 86.8 Å². The Kier molecular flexibility index (Phi) is 5.55. The van der Waals surface area contributed by atoms with Crippen molar-refractivity contribution in [3.63, 3.8) is 0 Å². The van der Waals surface area contributed by atoms with Gasteiger partial charge >= 0.3 is 0 Å². The average molecular weight is 390 g/mol. The van der Waals surface area contributed by atoms with Gasteiger partial charge in [-0.1, -0.05) is 6.07 Å². The highest BCUT2D eigenvalue weighted by molar-refractivity contribution is 5.97. The van der Waals surface area contributed by atoms with Crippen molar-refractivity contribution in [3.8, 4) is 11.3 Å². The average Bonchev–Trinajstić information content (AvgIpc) is 3.30. The number of benzene rings is 1. The molecule has 2 N–H and O–H groups in total. The number of carbonyl (C=O) groups excluding carboxylic acids is 1.